The van der Waals surface area contributed by atoms with E-state index in [1.54, 1.807) is 18.5 Å². The Morgan fingerprint density at radius 1 is 1.29 bits per heavy atom. The fourth-order valence-electron chi connectivity index (χ4n) is 3.24. The molecule has 4 heterocycles. The van der Waals surface area contributed by atoms with E-state index in [4.69, 9.17) is 4.74 Å². The molecule has 0 aliphatic carbocycles. The second kappa shape index (κ2) is 6.09. The Kier molecular flexibility index (Phi) is 3.92. The molecule has 5 nitrogen and oxygen atoms in total. The Morgan fingerprint density at radius 2 is 2.17 bits per heavy atom. The van der Waals surface area contributed by atoms with Gasteiger partial charge in [-0.05, 0) is 24.6 Å². The van der Waals surface area contributed by atoms with Crippen LogP contribution in [0.25, 0.3) is 0 Å². The van der Waals surface area contributed by atoms with E-state index in [9.17, 15) is 4.79 Å². The zero-order chi connectivity index (χ0) is 16.6. The summed E-state index contributed by atoms with van der Waals surface area (Å²) in [7, 11) is 0. The SMILES string of the molecule is Cc1ccc(C(=O)N2CC3(CC(Oc4ccccn4)CS3)C2)nc1. The van der Waals surface area contributed by atoms with Crippen LogP contribution in [0.5, 0.6) is 5.88 Å². The number of amides is 1. The summed E-state index contributed by atoms with van der Waals surface area (Å²) >= 11 is 1.91. The van der Waals surface area contributed by atoms with Gasteiger partial charge in [-0.25, -0.2) is 4.98 Å². The molecule has 2 saturated heterocycles. The van der Waals surface area contributed by atoms with Gasteiger partial charge in [0.25, 0.3) is 5.91 Å². The van der Waals surface area contributed by atoms with Crippen molar-refractivity contribution >= 4 is 17.7 Å². The Balaban J connectivity index is 1.33. The Hall–Kier alpha value is -2.08. The minimum absolute atomic E-state index is 0.0234. The lowest BCUT2D eigenvalue weighted by Gasteiger charge is -2.47. The molecule has 0 saturated carbocycles. The number of likely N-dealkylation sites (tertiary alicyclic amines) is 1. The van der Waals surface area contributed by atoms with Crippen molar-refractivity contribution < 1.29 is 9.53 Å². The number of aromatic nitrogens is 2. The van der Waals surface area contributed by atoms with Gasteiger partial charge in [0.05, 0.1) is 4.75 Å². The van der Waals surface area contributed by atoms with Crippen LogP contribution < -0.4 is 4.74 Å². The van der Waals surface area contributed by atoms with E-state index >= 15 is 0 Å². The molecule has 4 rings (SSSR count). The average molecular weight is 341 g/mol. The van der Waals surface area contributed by atoms with E-state index in [0.717, 1.165) is 30.8 Å². The molecule has 1 atom stereocenters. The number of ether oxygens (including phenoxy) is 1. The number of aryl methyl sites for hydroxylation is 1. The third kappa shape index (κ3) is 2.98. The fourth-order valence-corrected chi connectivity index (χ4v) is 4.76. The molecule has 0 aromatic carbocycles. The third-order valence-electron chi connectivity index (χ3n) is 4.48. The summed E-state index contributed by atoms with van der Waals surface area (Å²) in [4.78, 5) is 22.8. The van der Waals surface area contributed by atoms with Gasteiger partial charge in [0.1, 0.15) is 11.8 Å². The largest absolute Gasteiger partial charge is 0.473 e. The molecule has 2 aliphatic heterocycles. The summed E-state index contributed by atoms with van der Waals surface area (Å²) < 4.78 is 6.09. The summed E-state index contributed by atoms with van der Waals surface area (Å²) in [5, 5.41) is 0. The van der Waals surface area contributed by atoms with Crippen LogP contribution in [-0.2, 0) is 0 Å². The zero-order valence-electron chi connectivity index (χ0n) is 13.5. The third-order valence-corrected chi connectivity index (χ3v) is 6.05. The van der Waals surface area contributed by atoms with Crippen molar-refractivity contribution in [1.29, 1.82) is 0 Å². The first-order valence-corrected chi connectivity index (χ1v) is 9.06. The maximum absolute atomic E-state index is 12.5. The van der Waals surface area contributed by atoms with Gasteiger partial charge in [-0.1, -0.05) is 12.1 Å². The van der Waals surface area contributed by atoms with Gasteiger partial charge >= 0.3 is 0 Å². The van der Waals surface area contributed by atoms with E-state index in [2.05, 4.69) is 9.97 Å². The van der Waals surface area contributed by atoms with Gasteiger partial charge in [0, 0.05) is 43.7 Å². The highest BCUT2D eigenvalue weighted by Gasteiger charge is 2.51. The Labute approximate surface area is 145 Å². The second-order valence-electron chi connectivity index (χ2n) is 6.49. The molecule has 24 heavy (non-hydrogen) atoms. The van der Waals surface area contributed by atoms with Gasteiger partial charge in [-0.15, -0.1) is 11.8 Å². The van der Waals surface area contributed by atoms with Crippen LogP contribution in [0, 0.1) is 6.92 Å². The highest BCUT2D eigenvalue weighted by atomic mass is 32.2. The second-order valence-corrected chi connectivity index (χ2v) is 7.98. The Morgan fingerprint density at radius 3 is 2.88 bits per heavy atom. The summed E-state index contributed by atoms with van der Waals surface area (Å²) in [6.45, 7) is 3.51. The van der Waals surface area contributed by atoms with Crippen LogP contribution in [-0.4, -0.2) is 50.5 Å². The van der Waals surface area contributed by atoms with Gasteiger partial charge in [-0.3, -0.25) is 9.78 Å². The summed E-state index contributed by atoms with van der Waals surface area (Å²) in [5.74, 6) is 1.65. The molecule has 2 fully saturated rings. The highest BCUT2D eigenvalue weighted by Crippen LogP contribution is 2.46. The maximum atomic E-state index is 12.5. The average Bonchev–Trinajstić information content (AvgIpc) is 2.99. The molecule has 0 bridgehead atoms. The highest BCUT2D eigenvalue weighted by molar-refractivity contribution is 8.01. The first-order chi connectivity index (χ1) is 11.6. The van der Waals surface area contributed by atoms with Crippen LogP contribution in [0.2, 0.25) is 0 Å². The zero-order valence-corrected chi connectivity index (χ0v) is 14.3. The first kappa shape index (κ1) is 15.4. The van der Waals surface area contributed by atoms with Crippen LogP contribution in [0.1, 0.15) is 22.5 Å². The van der Waals surface area contributed by atoms with Crippen molar-refractivity contribution in [3.05, 3.63) is 54.0 Å². The van der Waals surface area contributed by atoms with Gasteiger partial charge in [-0.2, -0.15) is 0 Å². The van der Waals surface area contributed by atoms with Gasteiger partial charge in [0.15, 0.2) is 0 Å². The number of carbonyl (C=O) groups is 1. The van der Waals surface area contributed by atoms with Gasteiger partial charge in [0.2, 0.25) is 5.88 Å². The molecule has 2 aromatic rings. The normalized spacial score (nSPS) is 21.5. The summed E-state index contributed by atoms with van der Waals surface area (Å²) in [6, 6.07) is 9.42. The van der Waals surface area contributed by atoms with E-state index < -0.39 is 0 Å². The van der Waals surface area contributed by atoms with Crippen LogP contribution in [0.3, 0.4) is 0 Å². The molecule has 0 radical (unpaired) electrons. The van der Waals surface area contributed by atoms with E-state index in [0.29, 0.717) is 11.6 Å². The molecule has 124 valence electrons. The topological polar surface area (TPSA) is 55.3 Å². The predicted octanol–water partition coefficient (Wildman–Crippen LogP) is 2.56. The number of pyridine rings is 2. The molecule has 2 aromatic heterocycles. The van der Waals surface area contributed by atoms with Crippen molar-refractivity contribution in [3.8, 4) is 5.88 Å². The number of nitrogens with zero attached hydrogens (tertiary/aromatic N) is 3. The molecular weight excluding hydrogens is 322 g/mol. The van der Waals surface area contributed by atoms with Crippen LogP contribution in [0.15, 0.2) is 42.7 Å². The quantitative estimate of drug-likeness (QED) is 0.859. The summed E-state index contributed by atoms with van der Waals surface area (Å²) in [5.41, 5.74) is 1.59. The number of thioether (sulfide) groups is 1. The minimum atomic E-state index is 0.0234. The fraction of sp³-hybridized carbons (Fsp3) is 0.389. The number of rotatable bonds is 3. The lowest BCUT2D eigenvalue weighted by Crippen LogP contribution is -2.61. The number of hydrogen-bond donors (Lipinski definition) is 0. The summed E-state index contributed by atoms with van der Waals surface area (Å²) in [6.07, 6.45) is 4.61. The van der Waals surface area contributed by atoms with Crippen molar-refractivity contribution in [2.45, 2.75) is 24.2 Å². The van der Waals surface area contributed by atoms with Gasteiger partial charge < -0.3 is 9.64 Å². The van der Waals surface area contributed by atoms with Crippen molar-refractivity contribution in [1.82, 2.24) is 14.9 Å². The molecule has 1 amide bonds. The first-order valence-electron chi connectivity index (χ1n) is 8.07. The van der Waals surface area contributed by atoms with E-state index in [-0.39, 0.29) is 16.8 Å². The predicted molar refractivity (Wildman–Crippen MR) is 93.3 cm³/mol. The number of carbonyl (C=O) groups excluding carboxylic acids is 1. The monoisotopic (exact) mass is 341 g/mol. The van der Waals surface area contributed by atoms with E-state index in [1.807, 2.05) is 47.9 Å². The molecule has 6 heteroatoms. The maximum Gasteiger partial charge on any atom is 0.272 e. The molecule has 2 aliphatic rings. The number of hydrogen-bond acceptors (Lipinski definition) is 5. The van der Waals surface area contributed by atoms with Crippen molar-refractivity contribution in [2.75, 3.05) is 18.8 Å². The molecular formula is C18H19N3O2S. The van der Waals surface area contributed by atoms with Crippen molar-refractivity contribution in [2.24, 2.45) is 0 Å². The lowest BCUT2D eigenvalue weighted by molar-refractivity contribution is 0.0510. The van der Waals surface area contributed by atoms with Crippen molar-refractivity contribution in [3.63, 3.8) is 0 Å². The molecule has 1 spiro atoms. The molecule has 1 unspecified atom stereocenters. The Bertz CT molecular complexity index is 730. The lowest BCUT2D eigenvalue weighted by atomic mass is 9.92. The van der Waals surface area contributed by atoms with Crippen LogP contribution >= 0.6 is 11.8 Å². The smallest absolute Gasteiger partial charge is 0.272 e. The van der Waals surface area contributed by atoms with Crippen LogP contribution in [0.4, 0.5) is 0 Å². The van der Waals surface area contributed by atoms with E-state index in [1.165, 1.54) is 0 Å². The molecule has 0 N–H and O–H groups in total. The minimum Gasteiger partial charge on any atom is -0.473 e. The standard InChI is InChI=1S/C18H19N3O2S/c1-13-5-6-15(20-9-13)17(22)21-11-18(12-21)8-14(10-24-18)23-16-4-2-3-7-19-16/h2-7,9,14H,8,10-12H2,1H3.